The van der Waals surface area contributed by atoms with E-state index < -0.39 is 17.9 Å². The number of anilines is 1. The Balaban J connectivity index is 1.74. The Morgan fingerprint density at radius 2 is 1.82 bits per heavy atom. The lowest BCUT2D eigenvalue weighted by Crippen LogP contribution is -2.40. The minimum Gasteiger partial charge on any atom is -0.481 e. The highest BCUT2D eigenvalue weighted by atomic mass is 32.1. The SMILES string of the molecule is C[C@@H](Oc1ccc(C(=O)Nc2sc3c(c2C(N)=O)CCCC3)cc1)C(=O)NN. The van der Waals surface area contributed by atoms with E-state index in [0.29, 0.717) is 21.9 Å². The molecule has 2 aromatic rings. The Hall–Kier alpha value is -2.91. The van der Waals surface area contributed by atoms with Crippen LogP contribution in [0.4, 0.5) is 5.00 Å². The van der Waals surface area contributed by atoms with Crippen molar-refractivity contribution >= 4 is 34.1 Å². The first-order valence-electron chi connectivity index (χ1n) is 8.93. The van der Waals surface area contributed by atoms with Crippen molar-refractivity contribution in [2.75, 3.05) is 5.32 Å². The average Bonchev–Trinajstić information content (AvgIpc) is 3.05. The van der Waals surface area contributed by atoms with Crippen molar-refractivity contribution in [2.24, 2.45) is 11.6 Å². The highest BCUT2D eigenvalue weighted by molar-refractivity contribution is 7.17. The topological polar surface area (TPSA) is 137 Å². The molecule has 0 spiro atoms. The lowest BCUT2D eigenvalue weighted by Gasteiger charge is -2.13. The van der Waals surface area contributed by atoms with Gasteiger partial charge < -0.3 is 15.8 Å². The number of hydrazine groups is 1. The maximum Gasteiger partial charge on any atom is 0.274 e. The van der Waals surface area contributed by atoms with Crippen LogP contribution in [0.2, 0.25) is 0 Å². The molecule has 1 heterocycles. The number of aryl methyl sites for hydroxylation is 1. The molecule has 1 aliphatic rings. The molecule has 1 aromatic heterocycles. The number of rotatable bonds is 6. The van der Waals surface area contributed by atoms with Crippen molar-refractivity contribution in [2.45, 2.75) is 38.7 Å². The second-order valence-corrected chi connectivity index (χ2v) is 7.63. The summed E-state index contributed by atoms with van der Waals surface area (Å²) in [6, 6.07) is 6.33. The molecule has 148 valence electrons. The number of benzene rings is 1. The van der Waals surface area contributed by atoms with Crippen molar-refractivity contribution in [3.8, 4) is 5.75 Å². The molecule has 0 saturated heterocycles. The first-order chi connectivity index (χ1) is 13.4. The summed E-state index contributed by atoms with van der Waals surface area (Å²) in [5.74, 6) is 4.17. The van der Waals surface area contributed by atoms with Gasteiger partial charge >= 0.3 is 0 Å². The van der Waals surface area contributed by atoms with Gasteiger partial charge in [-0.2, -0.15) is 0 Å². The number of carbonyl (C=O) groups excluding carboxylic acids is 3. The van der Waals surface area contributed by atoms with Crippen molar-refractivity contribution in [1.82, 2.24) is 5.43 Å². The Kier molecular flexibility index (Phi) is 5.96. The Morgan fingerprint density at radius 1 is 1.14 bits per heavy atom. The van der Waals surface area contributed by atoms with E-state index in [-0.39, 0.29) is 5.91 Å². The minimum atomic E-state index is -0.764. The van der Waals surface area contributed by atoms with Crippen LogP contribution >= 0.6 is 11.3 Å². The molecule has 0 radical (unpaired) electrons. The summed E-state index contributed by atoms with van der Waals surface area (Å²) in [5.41, 5.74) is 9.36. The molecule has 6 N–H and O–H groups in total. The number of thiophene rings is 1. The summed E-state index contributed by atoms with van der Waals surface area (Å²) in [7, 11) is 0. The van der Waals surface area contributed by atoms with Gasteiger partial charge in [0.05, 0.1) is 5.56 Å². The third-order valence-corrected chi connectivity index (χ3v) is 5.79. The van der Waals surface area contributed by atoms with E-state index in [1.165, 1.54) is 11.3 Å². The second-order valence-electron chi connectivity index (χ2n) is 6.53. The zero-order chi connectivity index (χ0) is 20.3. The summed E-state index contributed by atoms with van der Waals surface area (Å²) < 4.78 is 5.44. The van der Waals surface area contributed by atoms with Gasteiger partial charge in [-0.15, -0.1) is 11.3 Å². The summed E-state index contributed by atoms with van der Waals surface area (Å²) in [6.07, 6.45) is 3.03. The van der Waals surface area contributed by atoms with Gasteiger partial charge in [-0.3, -0.25) is 19.8 Å². The highest BCUT2D eigenvalue weighted by Crippen LogP contribution is 2.38. The molecule has 0 aliphatic heterocycles. The molecule has 1 aliphatic carbocycles. The van der Waals surface area contributed by atoms with Gasteiger partial charge in [0.2, 0.25) is 0 Å². The molecule has 1 aromatic carbocycles. The monoisotopic (exact) mass is 402 g/mol. The Labute approximate surface area is 166 Å². The molecule has 0 bridgehead atoms. The van der Waals surface area contributed by atoms with E-state index in [0.717, 1.165) is 36.1 Å². The van der Waals surface area contributed by atoms with Crippen LogP contribution in [0.1, 0.15) is 50.9 Å². The highest BCUT2D eigenvalue weighted by Gasteiger charge is 2.25. The second kappa shape index (κ2) is 8.41. The lowest BCUT2D eigenvalue weighted by molar-refractivity contribution is -0.127. The largest absolute Gasteiger partial charge is 0.481 e. The fourth-order valence-electron chi connectivity index (χ4n) is 3.15. The number of primary amides is 1. The summed E-state index contributed by atoms with van der Waals surface area (Å²) in [5, 5.41) is 3.31. The van der Waals surface area contributed by atoms with Gasteiger partial charge in [0.25, 0.3) is 17.7 Å². The van der Waals surface area contributed by atoms with Gasteiger partial charge in [0, 0.05) is 10.4 Å². The number of amides is 3. The number of hydrogen-bond donors (Lipinski definition) is 4. The van der Waals surface area contributed by atoms with Crippen LogP contribution in [0.5, 0.6) is 5.75 Å². The standard InChI is InChI=1S/C19H22N4O4S/c1-10(17(25)23-21)27-12-8-6-11(7-9-12)18(26)22-19-15(16(20)24)13-4-2-3-5-14(13)28-19/h6-10H,2-5,21H2,1H3,(H2,20,24)(H,22,26)(H,23,25)/t10-/m1/s1. The number of fused-ring (bicyclic) bond motifs is 1. The first-order valence-corrected chi connectivity index (χ1v) is 9.75. The number of nitrogens with one attached hydrogen (secondary N) is 2. The maximum absolute atomic E-state index is 12.6. The molecule has 3 rings (SSSR count). The van der Waals surface area contributed by atoms with Gasteiger partial charge in [-0.1, -0.05) is 0 Å². The van der Waals surface area contributed by atoms with Crippen LogP contribution in [0.15, 0.2) is 24.3 Å². The third kappa shape index (κ3) is 4.15. The van der Waals surface area contributed by atoms with E-state index in [9.17, 15) is 14.4 Å². The van der Waals surface area contributed by atoms with Crippen LogP contribution in [-0.2, 0) is 17.6 Å². The minimum absolute atomic E-state index is 0.347. The number of carbonyl (C=O) groups is 3. The zero-order valence-electron chi connectivity index (χ0n) is 15.4. The fourth-order valence-corrected chi connectivity index (χ4v) is 4.44. The van der Waals surface area contributed by atoms with Crippen molar-refractivity contribution in [3.05, 3.63) is 45.8 Å². The van der Waals surface area contributed by atoms with Crippen molar-refractivity contribution < 1.29 is 19.1 Å². The number of nitrogens with two attached hydrogens (primary N) is 2. The summed E-state index contributed by atoms with van der Waals surface area (Å²) >= 11 is 1.42. The van der Waals surface area contributed by atoms with Gasteiger partial charge in [0.15, 0.2) is 6.10 Å². The Bertz CT molecular complexity index is 907. The molecule has 1 atom stereocenters. The molecule has 0 saturated carbocycles. The first kappa shape index (κ1) is 19.8. The van der Waals surface area contributed by atoms with Crippen LogP contribution in [0.25, 0.3) is 0 Å². The lowest BCUT2D eigenvalue weighted by atomic mass is 9.95. The van der Waals surface area contributed by atoms with Gasteiger partial charge in [0.1, 0.15) is 10.8 Å². The predicted octanol–water partition coefficient (Wildman–Crippen LogP) is 1.74. The van der Waals surface area contributed by atoms with Crippen molar-refractivity contribution in [3.63, 3.8) is 0 Å². The maximum atomic E-state index is 12.6. The summed E-state index contributed by atoms with van der Waals surface area (Å²) in [6.45, 7) is 1.56. The van der Waals surface area contributed by atoms with Crippen molar-refractivity contribution in [1.29, 1.82) is 0 Å². The van der Waals surface area contributed by atoms with Gasteiger partial charge in [-0.05, 0) is 62.4 Å². The van der Waals surface area contributed by atoms with Crippen LogP contribution in [0.3, 0.4) is 0 Å². The third-order valence-electron chi connectivity index (χ3n) is 4.59. The molecule has 28 heavy (non-hydrogen) atoms. The van der Waals surface area contributed by atoms with E-state index >= 15 is 0 Å². The fraction of sp³-hybridized carbons (Fsp3) is 0.316. The smallest absolute Gasteiger partial charge is 0.274 e. The number of hydrogen-bond acceptors (Lipinski definition) is 6. The molecular formula is C19H22N4O4S. The van der Waals surface area contributed by atoms with Crippen LogP contribution < -0.4 is 27.1 Å². The average molecular weight is 402 g/mol. The van der Waals surface area contributed by atoms with E-state index in [1.807, 2.05) is 5.43 Å². The molecular weight excluding hydrogens is 380 g/mol. The molecule has 0 fully saturated rings. The van der Waals surface area contributed by atoms with E-state index in [2.05, 4.69) is 5.32 Å². The molecule has 8 nitrogen and oxygen atoms in total. The van der Waals surface area contributed by atoms with Crippen LogP contribution in [0, 0.1) is 0 Å². The molecule has 9 heteroatoms. The summed E-state index contributed by atoms with van der Waals surface area (Å²) in [4.78, 5) is 37.1. The van der Waals surface area contributed by atoms with Crippen LogP contribution in [-0.4, -0.2) is 23.8 Å². The number of ether oxygens (including phenoxy) is 1. The normalized spacial score (nSPS) is 13.9. The Morgan fingerprint density at radius 3 is 2.46 bits per heavy atom. The molecule has 0 unspecified atom stereocenters. The van der Waals surface area contributed by atoms with E-state index in [4.69, 9.17) is 16.3 Å². The predicted molar refractivity (Wildman–Crippen MR) is 106 cm³/mol. The molecule has 3 amide bonds. The van der Waals surface area contributed by atoms with E-state index in [1.54, 1.807) is 31.2 Å². The zero-order valence-corrected chi connectivity index (χ0v) is 16.2. The quantitative estimate of drug-likeness (QED) is 0.331. The van der Waals surface area contributed by atoms with Gasteiger partial charge in [-0.25, -0.2) is 5.84 Å².